The van der Waals surface area contributed by atoms with Crippen LogP contribution >= 0.6 is 11.8 Å². The number of thioether (sulfide) groups is 1. The maximum absolute atomic E-state index is 13.4. The summed E-state index contributed by atoms with van der Waals surface area (Å²) in [5, 5.41) is 15.2. The molecule has 40 heavy (non-hydrogen) atoms. The molecular weight excluding hydrogens is 531 g/mol. The molecule has 0 bridgehead atoms. The lowest BCUT2D eigenvalue weighted by Crippen LogP contribution is -2.30. The molecule has 4 rings (SSSR count). The number of aromatic hydroxyl groups is 1. The number of phenolic OH excluding ortho intramolecular Hbond substituents is 1. The van der Waals surface area contributed by atoms with Gasteiger partial charge in [0.15, 0.2) is 5.78 Å². The van der Waals surface area contributed by atoms with Gasteiger partial charge in [-0.3, -0.25) is 14.4 Å². The van der Waals surface area contributed by atoms with Crippen LogP contribution in [-0.2, 0) is 4.79 Å². The van der Waals surface area contributed by atoms with Crippen LogP contribution in [0.5, 0.6) is 11.5 Å². The molecule has 0 aromatic heterocycles. The highest BCUT2D eigenvalue weighted by Crippen LogP contribution is 2.27. The fourth-order valence-corrected chi connectivity index (χ4v) is 4.50. The summed E-state index contributed by atoms with van der Waals surface area (Å²) in [6.07, 6.45) is 1.45. The van der Waals surface area contributed by atoms with E-state index in [2.05, 4.69) is 10.6 Å². The van der Waals surface area contributed by atoms with Crippen molar-refractivity contribution in [3.63, 3.8) is 0 Å². The summed E-state index contributed by atoms with van der Waals surface area (Å²) in [5.41, 5.74) is 1.63. The molecule has 0 aliphatic carbocycles. The minimum atomic E-state index is -0.594. The third-order valence-electron chi connectivity index (χ3n) is 5.67. The smallest absolute Gasteiger partial charge is 0.272 e. The Labute approximate surface area is 234 Å². The topological polar surface area (TPSA) is 105 Å². The Morgan fingerprint density at radius 1 is 0.900 bits per heavy atom. The molecular formula is C31H25FN2O5S. The van der Waals surface area contributed by atoms with E-state index in [9.17, 15) is 23.9 Å². The number of ketones is 1. The predicted octanol–water partition coefficient (Wildman–Crippen LogP) is 5.92. The van der Waals surface area contributed by atoms with Crippen molar-refractivity contribution in [3.05, 3.63) is 125 Å². The Morgan fingerprint density at radius 2 is 1.65 bits per heavy atom. The van der Waals surface area contributed by atoms with Gasteiger partial charge in [-0.15, -0.1) is 11.8 Å². The Bertz CT molecular complexity index is 1560. The van der Waals surface area contributed by atoms with Gasteiger partial charge in [-0.1, -0.05) is 24.3 Å². The number of amides is 2. The van der Waals surface area contributed by atoms with Crippen molar-refractivity contribution in [3.8, 4) is 11.5 Å². The van der Waals surface area contributed by atoms with Crippen molar-refractivity contribution in [2.75, 3.05) is 18.2 Å². The van der Waals surface area contributed by atoms with Gasteiger partial charge in [-0.25, -0.2) is 4.39 Å². The second-order valence-corrected chi connectivity index (χ2v) is 9.55. The van der Waals surface area contributed by atoms with Gasteiger partial charge in [0.1, 0.15) is 23.0 Å². The van der Waals surface area contributed by atoms with Crippen LogP contribution in [0.15, 0.2) is 108 Å². The minimum Gasteiger partial charge on any atom is -0.508 e. The van der Waals surface area contributed by atoms with E-state index in [4.69, 9.17) is 4.74 Å². The lowest BCUT2D eigenvalue weighted by Gasteiger charge is -2.13. The lowest BCUT2D eigenvalue weighted by atomic mass is 10.1. The van der Waals surface area contributed by atoms with Crippen LogP contribution in [0, 0.1) is 5.82 Å². The molecule has 0 aliphatic heterocycles. The number of rotatable bonds is 10. The molecule has 0 atom stereocenters. The molecule has 0 fully saturated rings. The molecule has 0 unspecified atom stereocenters. The molecule has 202 valence electrons. The van der Waals surface area contributed by atoms with E-state index in [1.165, 1.54) is 61.3 Å². The number of hydrogen-bond acceptors (Lipinski definition) is 6. The number of halogens is 1. The highest BCUT2D eigenvalue weighted by Gasteiger charge is 2.17. The first-order chi connectivity index (χ1) is 19.3. The molecule has 0 saturated heterocycles. The Morgan fingerprint density at radius 3 is 2.38 bits per heavy atom. The second-order valence-electron chi connectivity index (χ2n) is 8.51. The first kappa shape index (κ1) is 28.1. The number of phenols is 1. The molecule has 7 nitrogen and oxygen atoms in total. The van der Waals surface area contributed by atoms with Gasteiger partial charge in [0.2, 0.25) is 0 Å². The van der Waals surface area contributed by atoms with Crippen LogP contribution in [0.4, 0.5) is 10.1 Å². The summed E-state index contributed by atoms with van der Waals surface area (Å²) in [6, 6.07) is 25.1. The van der Waals surface area contributed by atoms with Crippen LogP contribution in [0.3, 0.4) is 0 Å². The summed E-state index contributed by atoms with van der Waals surface area (Å²) in [5.74, 6) is -1.22. The summed E-state index contributed by atoms with van der Waals surface area (Å²) in [4.78, 5) is 39.4. The number of hydrogen-bond donors (Lipinski definition) is 3. The van der Waals surface area contributed by atoms with E-state index < -0.39 is 17.6 Å². The minimum absolute atomic E-state index is 0.0134. The van der Waals surface area contributed by atoms with Gasteiger partial charge in [-0.2, -0.15) is 0 Å². The van der Waals surface area contributed by atoms with Crippen molar-refractivity contribution in [1.29, 1.82) is 0 Å². The zero-order chi connectivity index (χ0) is 28.5. The fraction of sp³-hybridized carbons (Fsp3) is 0.0645. The van der Waals surface area contributed by atoms with Crippen molar-refractivity contribution in [1.82, 2.24) is 5.32 Å². The maximum atomic E-state index is 13.4. The Kier molecular flexibility index (Phi) is 9.32. The number of Topliss-reactive ketones (excluding diaryl/α,β-unsaturated/α-hetero) is 1. The van der Waals surface area contributed by atoms with E-state index in [-0.39, 0.29) is 23.0 Å². The maximum Gasteiger partial charge on any atom is 0.272 e. The van der Waals surface area contributed by atoms with Crippen LogP contribution in [0.1, 0.15) is 26.3 Å². The molecule has 4 aromatic carbocycles. The fourth-order valence-electron chi connectivity index (χ4n) is 3.65. The molecule has 0 aliphatic rings. The van der Waals surface area contributed by atoms with Crippen LogP contribution in [-0.4, -0.2) is 35.6 Å². The monoisotopic (exact) mass is 556 g/mol. The average Bonchev–Trinajstić information content (AvgIpc) is 2.97. The van der Waals surface area contributed by atoms with Crippen molar-refractivity contribution in [2.45, 2.75) is 4.90 Å². The van der Waals surface area contributed by atoms with E-state index in [1.807, 2.05) is 0 Å². The standard InChI is InChI=1S/C31H25FN2O5S/c1-39-29-18-25(35)15-12-22(29)16-27(34-30(37)21-6-3-2-4-7-21)31(38)33-24-8-5-9-26(17-24)40-19-28(36)20-10-13-23(32)14-11-20/h2-18,35H,19H2,1H3,(H,33,38)(H,34,37)/b27-16-. The van der Waals surface area contributed by atoms with Crippen molar-refractivity contribution in [2.24, 2.45) is 0 Å². The zero-order valence-corrected chi connectivity index (χ0v) is 22.2. The predicted molar refractivity (Wildman–Crippen MR) is 153 cm³/mol. The molecule has 3 N–H and O–H groups in total. The van der Waals surface area contributed by atoms with Gasteiger partial charge >= 0.3 is 0 Å². The summed E-state index contributed by atoms with van der Waals surface area (Å²) in [7, 11) is 1.43. The summed E-state index contributed by atoms with van der Waals surface area (Å²) < 4.78 is 18.5. The van der Waals surface area contributed by atoms with E-state index in [0.717, 1.165) is 4.90 Å². The molecule has 0 radical (unpaired) electrons. The van der Waals surface area contributed by atoms with E-state index in [1.54, 1.807) is 60.7 Å². The number of ether oxygens (including phenoxy) is 1. The van der Waals surface area contributed by atoms with Crippen LogP contribution in [0.25, 0.3) is 6.08 Å². The number of carbonyl (C=O) groups excluding carboxylic acids is 3. The number of anilines is 1. The van der Waals surface area contributed by atoms with Crippen molar-refractivity contribution >= 4 is 41.1 Å². The molecule has 0 spiro atoms. The number of methoxy groups -OCH3 is 1. The van der Waals surface area contributed by atoms with Crippen LogP contribution < -0.4 is 15.4 Å². The van der Waals surface area contributed by atoms with Gasteiger partial charge in [0.05, 0.1) is 12.9 Å². The number of carbonyl (C=O) groups is 3. The molecule has 9 heteroatoms. The van der Waals surface area contributed by atoms with Crippen LogP contribution in [0.2, 0.25) is 0 Å². The molecule has 0 saturated carbocycles. The Hall–Kier alpha value is -4.89. The van der Waals surface area contributed by atoms with Gasteiger partial charge in [0, 0.05) is 33.3 Å². The summed E-state index contributed by atoms with van der Waals surface area (Å²) in [6.45, 7) is 0. The van der Waals surface area contributed by atoms with Crippen molar-refractivity contribution < 1.29 is 28.6 Å². The van der Waals surface area contributed by atoms with Gasteiger partial charge in [-0.05, 0) is 72.8 Å². The third kappa shape index (κ3) is 7.58. The van der Waals surface area contributed by atoms with E-state index in [0.29, 0.717) is 28.1 Å². The highest BCUT2D eigenvalue weighted by molar-refractivity contribution is 8.00. The van der Waals surface area contributed by atoms with Gasteiger partial charge < -0.3 is 20.5 Å². The normalized spacial score (nSPS) is 11.0. The molecule has 0 heterocycles. The Balaban J connectivity index is 1.53. The third-order valence-corrected chi connectivity index (χ3v) is 6.67. The number of benzene rings is 4. The first-order valence-corrected chi connectivity index (χ1v) is 13.1. The zero-order valence-electron chi connectivity index (χ0n) is 21.4. The quantitative estimate of drug-likeness (QED) is 0.127. The molecule has 4 aromatic rings. The average molecular weight is 557 g/mol. The van der Waals surface area contributed by atoms with E-state index >= 15 is 0 Å². The SMILES string of the molecule is COc1cc(O)ccc1/C=C(\NC(=O)c1ccccc1)C(=O)Nc1cccc(SCC(=O)c2ccc(F)cc2)c1. The molecule has 2 amide bonds. The highest BCUT2D eigenvalue weighted by atomic mass is 32.2. The first-order valence-electron chi connectivity index (χ1n) is 12.1. The van der Waals surface area contributed by atoms with Gasteiger partial charge in [0.25, 0.3) is 11.8 Å². The number of nitrogens with one attached hydrogen (secondary N) is 2. The largest absolute Gasteiger partial charge is 0.508 e. The lowest BCUT2D eigenvalue weighted by molar-refractivity contribution is -0.113. The summed E-state index contributed by atoms with van der Waals surface area (Å²) >= 11 is 1.27. The second kappa shape index (κ2) is 13.3.